The highest BCUT2D eigenvalue weighted by Crippen LogP contribution is 2.36. The molecule has 1 aliphatic heterocycles. The van der Waals surface area contributed by atoms with Crippen LogP contribution in [0.5, 0.6) is 0 Å². The molecule has 1 unspecified atom stereocenters. The van der Waals surface area contributed by atoms with Gasteiger partial charge in [0, 0.05) is 18.0 Å². The van der Waals surface area contributed by atoms with Crippen LogP contribution in [0.25, 0.3) is 11.3 Å². The molecule has 0 spiro atoms. The van der Waals surface area contributed by atoms with Crippen molar-refractivity contribution in [2.75, 3.05) is 5.73 Å². The minimum atomic E-state index is -4.33. The molecule has 1 aliphatic rings. The second kappa shape index (κ2) is 4.79. The molecule has 2 heterocycles. The lowest BCUT2D eigenvalue weighted by atomic mass is 10.0. The van der Waals surface area contributed by atoms with Gasteiger partial charge in [-0.05, 0) is 25.0 Å². The third-order valence-electron chi connectivity index (χ3n) is 3.98. The Bertz CT molecular complexity index is 656. The van der Waals surface area contributed by atoms with E-state index in [2.05, 4.69) is 11.9 Å². The van der Waals surface area contributed by atoms with Gasteiger partial charge in [0.2, 0.25) is 0 Å². The van der Waals surface area contributed by atoms with Gasteiger partial charge in [0.05, 0.1) is 5.56 Å². The Morgan fingerprint density at radius 2 is 1.90 bits per heavy atom. The highest BCUT2D eigenvalue weighted by atomic mass is 19.4. The summed E-state index contributed by atoms with van der Waals surface area (Å²) in [6, 6.07) is 4.99. The lowest BCUT2D eigenvalue weighted by Gasteiger charge is -2.20. The van der Waals surface area contributed by atoms with Crippen molar-refractivity contribution in [3.05, 3.63) is 35.7 Å². The predicted octanol–water partition coefficient (Wildman–Crippen LogP) is 4.05. The number of anilines is 1. The van der Waals surface area contributed by atoms with Crippen molar-refractivity contribution >= 4 is 5.82 Å². The van der Waals surface area contributed by atoms with E-state index in [9.17, 15) is 13.2 Å². The van der Waals surface area contributed by atoms with E-state index in [0.717, 1.165) is 37.3 Å². The highest BCUT2D eigenvalue weighted by molar-refractivity contribution is 5.71. The Labute approximate surface area is 120 Å². The first kappa shape index (κ1) is 14.0. The summed E-state index contributed by atoms with van der Waals surface area (Å²) >= 11 is 0. The van der Waals surface area contributed by atoms with Gasteiger partial charge in [0.15, 0.2) is 0 Å². The largest absolute Gasteiger partial charge is 0.416 e. The number of alkyl halides is 3. The Balaban J connectivity index is 2.01. The number of hydrogen-bond acceptors (Lipinski definition) is 2. The Morgan fingerprint density at radius 3 is 2.48 bits per heavy atom. The zero-order valence-corrected chi connectivity index (χ0v) is 11.6. The van der Waals surface area contributed by atoms with E-state index in [0.29, 0.717) is 23.0 Å². The lowest BCUT2D eigenvalue weighted by molar-refractivity contribution is -0.137. The Kier molecular flexibility index (Phi) is 3.19. The Morgan fingerprint density at radius 1 is 1.24 bits per heavy atom. The molecule has 3 rings (SSSR count). The fraction of sp³-hybridized carbons (Fsp3) is 0.400. The minimum absolute atomic E-state index is 0.323. The highest BCUT2D eigenvalue weighted by Gasteiger charge is 2.30. The van der Waals surface area contributed by atoms with E-state index in [-0.39, 0.29) is 0 Å². The smallest absolute Gasteiger partial charge is 0.383 e. The van der Waals surface area contributed by atoms with Gasteiger partial charge in [0.1, 0.15) is 17.3 Å². The van der Waals surface area contributed by atoms with Crippen LogP contribution in [0, 0.1) is 0 Å². The van der Waals surface area contributed by atoms with Crippen LogP contribution in [-0.2, 0) is 12.7 Å². The fourth-order valence-electron chi connectivity index (χ4n) is 2.81. The monoisotopic (exact) mass is 295 g/mol. The number of benzene rings is 1. The van der Waals surface area contributed by atoms with Crippen molar-refractivity contribution in [1.29, 1.82) is 0 Å². The lowest BCUT2D eigenvalue weighted by Crippen LogP contribution is -2.15. The van der Waals surface area contributed by atoms with Crippen molar-refractivity contribution in [3.63, 3.8) is 0 Å². The molecule has 3 nitrogen and oxygen atoms in total. The van der Waals surface area contributed by atoms with Crippen LogP contribution in [0.4, 0.5) is 19.0 Å². The molecule has 1 aromatic heterocycles. The maximum Gasteiger partial charge on any atom is 0.416 e. The van der Waals surface area contributed by atoms with Gasteiger partial charge >= 0.3 is 6.18 Å². The number of rotatable bonds is 1. The molecule has 0 saturated heterocycles. The number of nitrogens with two attached hydrogens (primary N) is 1. The molecule has 0 fully saturated rings. The molecular weight excluding hydrogens is 279 g/mol. The van der Waals surface area contributed by atoms with E-state index >= 15 is 0 Å². The van der Waals surface area contributed by atoms with Crippen LogP contribution in [0.3, 0.4) is 0 Å². The standard InChI is InChI=1S/C15H16F3N3/c1-9-3-2-8-21-13(19)12(20-14(9)21)10-4-6-11(7-5-10)15(16,17)18/h4-7,9H,2-3,8,19H2,1H3. The molecule has 0 radical (unpaired) electrons. The first-order chi connectivity index (χ1) is 9.88. The van der Waals surface area contributed by atoms with E-state index in [1.165, 1.54) is 12.1 Å². The summed E-state index contributed by atoms with van der Waals surface area (Å²) in [5.74, 6) is 1.79. The number of fused-ring (bicyclic) bond motifs is 1. The van der Waals surface area contributed by atoms with Gasteiger partial charge < -0.3 is 10.3 Å². The quantitative estimate of drug-likeness (QED) is 0.862. The van der Waals surface area contributed by atoms with Gasteiger partial charge in [-0.25, -0.2) is 4.98 Å². The van der Waals surface area contributed by atoms with Crippen LogP contribution >= 0.6 is 0 Å². The normalized spacial score (nSPS) is 18.6. The third-order valence-corrected chi connectivity index (χ3v) is 3.98. The second-order valence-corrected chi connectivity index (χ2v) is 5.47. The summed E-state index contributed by atoms with van der Waals surface area (Å²) in [5.41, 5.74) is 6.65. The molecule has 2 aromatic rings. The number of nitrogens with zero attached hydrogens (tertiary/aromatic N) is 2. The number of imidazole rings is 1. The van der Waals surface area contributed by atoms with Crippen molar-refractivity contribution in [3.8, 4) is 11.3 Å². The zero-order valence-electron chi connectivity index (χ0n) is 11.6. The summed E-state index contributed by atoms with van der Waals surface area (Å²) < 4.78 is 39.8. The van der Waals surface area contributed by atoms with E-state index in [1.807, 2.05) is 4.57 Å². The van der Waals surface area contributed by atoms with Crippen LogP contribution < -0.4 is 5.73 Å². The van der Waals surface area contributed by atoms with Crippen molar-refractivity contribution in [2.45, 2.75) is 38.4 Å². The molecule has 0 bridgehead atoms. The van der Waals surface area contributed by atoms with Crippen LogP contribution in [0.15, 0.2) is 24.3 Å². The minimum Gasteiger partial charge on any atom is -0.383 e. The van der Waals surface area contributed by atoms with E-state index in [1.54, 1.807) is 0 Å². The molecule has 2 N–H and O–H groups in total. The van der Waals surface area contributed by atoms with Crippen molar-refractivity contribution < 1.29 is 13.2 Å². The van der Waals surface area contributed by atoms with Gasteiger partial charge in [0.25, 0.3) is 0 Å². The van der Waals surface area contributed by atoms with Crippen molar-refractivity contribution in [2.24, 2.45) is 0 Å². The predicted molar refractivity (Wildman–Crippen MR) is 74.7 cm³/mol. The summed E-state index contributed by atoms with van der Waals surface area (Å²) in [7, 11) is 0. The maximum atomic E-state index is 12.6. The van der Waals surface area contributed by atoms with Crippen LogP contribution in [-0.4, -0.2) is 9.55 Å². The fourth-order valence-corrected chi connectivity index (χ4v) is 2.81. The van der Waals surface area contributed by atoms with Gasteiger partial charge in [-0.2, -0.15) is 13.2 Å². The molecule has 0 amide bonds. The first-order valence-electron chi connectivity index (χ1n) is 6.91. The van der Waals surface area contributed by atoms with E-state index < -0.39 is 11.7 Å². The number of hydrogen-bond donors (Lipinski definition) is 1. The van der Waals surface area contributed by atoms with Gasteiger partial charge in [-0.15, -0.1) is 0 Å². The zero-order chi connectivity index (χ0) is 15.2. The molecule has 6 heteroatoms. The van der Waals surface area contributed by atoms with Gasteiger partial charge in [-0.3, -0.25) is 0 Å². The van der Waals surface area contributed by atoms with Crippen LogP contribution in [0.1, 0.15) is 37.1 Å². The number of aromatic nitrogens is 2. The summed E-state index contributed by atoms with van der Waals surface area (Å²) in [4.78, 5) is 4.55. The number of nitrogen functional groups attached to an aromatic ring is 1. The summed E-state index contributed by atoms with van der Waals surface area (Å²) in [6.45, 7) is 2.91. The summed E-state index contributed by atoms with van der Waals surface area (Å²) in [5, 5.41) is 0. The molecule has 0 saturated carbocycles. The SMILES string of the molecule is CC1CCCn2c1nc(-c1ccc(C(F)(F)F)cc1)c2N. The first-order valence-corrected chi connectivity index (χ1v) is 6.91. The van der Waals surface area contributed by atoms with E-state index in [4.69, 9.17) is 5.73 Å². The molecule has 1 atom stereocenters. The second-order valence-electron chi connectivity index (χ2n) is 5.47. The number of halogens is 3. The summed E-state index contributed by atoms with van der Waals surface area (Å²) in [6.07, 6.45) is -2.23. The Hall–Kier alpha value is -1.98. The molecule has 1 aromatic carbocycles. The topological polar surface area (TPSA) is 43.8 Å². The van der Waals surface area contributed by atoms with Crippen molar-refractivity contribution in [1.82, 2.24) is 9.55 Å². The molecule has 0 aliphatic carbocycles. The average Bonchev–Trinajstić information content (AvgIpc) is 2.77. The third kappa shape index (κ3) is 2.39. The molecular formula is C15H16F3N3. The van der Waals surface area contributed by atoms with Crippen LogP contribution in [0.2, 0.25) is 0 Å². The molecule has 112 valence electrons. The molecule has 21 heavy (non-hydrogen) atoms. The maximum absolute atomic E-state index is 12.6. The average molecular weight is 295 g/mol. The van der Waals surface area contributed by atoms with Gasteiger partial charge in [-0.1, -0.05) is 19.1 Å².